The average Bonchev–Trinajstić information content (AvgIpc) is 3.40. The number of hydrogen-bond donors (Lipinski definition) is 1. The molecule has 1 atom stereocenters. The summed E-state index contributed by atoms with van der Waals surface area (Å²) in [6.45, 7) is 8.59. The highest BCUT2D eigenvalue weighted by Crippen LogP contribution is 2.31. The van der Waals surface area contributed by atoms with E-state index in [1.165, 1.54) is 17.6 Å². The summed E-state index contributed by atoms with van der Waals surface area (Å²) in [5, 5.41) is 2.85. The number of carbonyl (C=O) groups excluding carboxylic acids is 3. The molecule has 0 spiro atoms. The number of benzene rings is 1. The van der Waals surface area contributed by atoms with Crippen LogP contribution in [-0.4, -0.2) is 40.9 Å². The molecule has 0 bridgehead atoms. The van der Waals surface area contributed by atoms with E-state index in [4.69, 9.17) is 9.15 Å². The monoisotopic (exact) mass is 492 g/mol. The van der Waals surface area contributed by atoms with Crippen LogP contribution in [0.25, 0.3) is 0 Å². The highest BCUT2D eigenvalue weighted by molar-refractivity contribution is 6.09. The van der Waals surface area contributed by atoms with E-state index in [2.05, 4.69) is 36.1 Å². The lowest BCUT2D eigenvalue weighted by Gasteiger charge is -2.31. The summed E-state index contributed by atoms with van der Waals surface area (Å²) in [5.41, 5.74) is 2.11. The molecule has 1 unspecified atom stereocenters. The van der Waals surface area contributed by atoms with Gasteiger partial charge in [-0.1, -0.05) is 39.0 Å². The van der Waals surface area contributed by atoms with Gasteiger partial charge in [0, 0.05) is 36.6 Å². The molecular weight excluding hydrogens is 460 g/mol. The van der Waals surface area contributed by atoms with E-state index in [0.717, 1.165) is 5.56 Å². The number of oxazole rings is 1. The largest absolute Gasteiger partial charge is 0.466 e. The van der Waals surface area contributed by atoms with E-state index in [9.17, 15) is 14.4 Å². The maximum absolute atomic E-state index is 13.6. The Balaban J connectivity index is 1.96. The fourth-order valence-corrected chi connectivity index (χ4v) is 3.68. The summed E-state index contributed by atoms with van der Waals surface area (Å²) in [5.74, 6) is -1.23. The number of nitrogens with one attached hydrogen (secondary N) is 1. The van der Waals surface area contributed by atoms with Gasteiger partial charge >= 0.3 is 5.97 Å². The Kier molecular flexibility index (Phi) is 8.94. The number of carbonyl (C=O) groups is 3. The predicted molar refractivity (Wildman–Crippen MR) is 134 cm³/mol. The number of pyridine rings is 1. The number of anilines is 1. The molecule has 2 amide bonds. The normalized spacial score (nSPS) is 12.0. The molecule has 0 aliphatic heterocycles. The first-order valence-electron chi connectivity index (χ1n) is 11.9. The molecule has 0 aliphatic rings. The predicted octanol–water partition coefficient (Wildman–Crippen LogP) is 4.21. The highest BCUT2D eigenvalue weighted by atomic mass is 16.5. The van der Waals surface area contributed by atoms with Gasteiger partial charge in [-0.2, -0.15) is 0 Å². The third kappa shape index (κ3) is 6.78. The Morgan fingerprint density at radius 2 is 1.89 bits per heavy atom. The Bertz CT molecular complexity index is 1140. The molecule has 9 nitrogen and oxygen atoms in total. The Morgan fingerprint density at radius 1 is 1.14 bits per heavy atom. The quantitative estimate of drug-likeness (QED) is 0.333. The van der Waals surface area contributed by atoms with Gasteiger partial charge in [-0.15, -0.1) is 0 Å². The highest BCUT2D eigenvalue weighted by Gasteiger charge is 2.34. The molecule has 3 rings (SSSR count). The lowest BCUT2D eigenvalue weighted by molar-refractivity contribution is -0.143. The zero-order valence-corrected chi connectivity index (χ0v) is 21.1. The van der Waals surface area contributed by atoms with E-state index in [0.29, 0.717) is 24.3 Å². The van der Waals surface area contributed by atoms with Crippen LogP contribution in [0.4, 0.5) is 5.69 Å². The van der Waals surface area contributed by atoms with Crippen molar-refractivity contribution in [1.82, 2.24) is 15.3 Å². The molecule has 0 radical (unpaired) electrons. The van der Waals surface area contributed by atoms with Crippen LogP contribution in [-0.2, 0) is 19.7 Å². The first-order chi connectivity index (χ1) is 17.2. The summed E-state index contributed by atoms with van der Waals surface area (Å²) < 4.78 is 9.98. The Hall–Kier alpha value is -4.01. The number of rotatable bonds is 10. The first-order valence-corrected chi connectivity index (χ1v) is 11.9. The molecule has 36 heavy (non-hydrogen) atoms. The zero-order valence-electron chi connectivity index (χ0n) is 21.1. The second-order valence-electron chi connectivity index (χ2n) is 9.23. The van der Waals surface area contributed by atoms with E-state index in [1.54, 1.807) is 31.5 Å². The van der Waals surface area contributed by atoms with Crippen LogP contribution in [0.1, 0.15) is 68.2 Å². The van der Waals surface area contributed by atoms with E-state index in [1.807, 2.05) is 24.3 Å². The molecular formula is C27H32N4O5. The second-order valence-corrected chi connectivity index (χ2v) is 9.23. The van der Waals surface area contributed by atoms with E-state index < -0.39 is 17.9 Å². The third-order valence-electron chi connectivity index (χ3n) is 5.55. The zero-order chi connectivity index (χ0) is 26.1. The molecule has 1 N–H and O–H groups in total. The molecule has 0 saturated carbocycles. The Morgan fingerprint density at radius 3 is 2.47 bits per heavy atom. The van der Waals surface area contributed by atoms with Gasteiger partial charge in [0.15, 0.2) is 12.1 Å². The summed E-state index contributed by atoms with van der Waals surface area (Å²) in [6, 6.07) is 9.92. The van der Waals surface area contributed by atoms with Crippen molar-refractivity contribution < 1.29 is 23.5 Å². The molecule has 0 aliphatic carbocycles. The van der Waals surface area contributed by atoms with Gasteiger partial charge < -0.3 is 14.5 Å². The minimum Gasteiger partial charge on any atom is -0.466 e. The SMILES string of the molecule is CCOC(=O)CCCNC(=O)C(c1cccnc1)N(C(=O)c1cocn1)c1ccc(C(C)(C)C)cc1. The van der Waals surface area contributed by atoms with Gasteiger partial charge in [0.25, 0.3) is 5.91 Å². The van der Waals surface area contributed by atoms with Crippen LogP contribution in [0.15, 0.2) is 65.9 Å². The molecule has 0 fully saturated rings. The fourth-order valence-electron chi connectivity index (χ4n) is 3.68. The first kappa shape index (κ1) is 26.6. The lowest BCUT2D eigenvalue weighted by atomic mass is 9.87. The van der Waals surface area contributed by atoms with Gasteiger partial charge in [0.1, 0.15) is 12.3 Å². The van der Waals surface area contributed by atoms with E-state index in [-0.39, 0.29) is 30.0 Å². The summed E-state index contributed by atoms with van der Waals surface area (Å²) in [7, 11) is 0. The van der Waals surface area contributed by atoms with Gasteiger partial charge in [-0.25, -0.2) is 4.98 Å². The number of hydrogen-bond acceptors (Lipinski definition) is 7. The second kappa shape index (κ2) is 12.1. The number of ether oxygens (including phenoxy) is 1. The van der Waals surface area contributed by atoms with Crippen molar-refractivity contribution in [3.63, 3.8) is 0 Å². The molecule has 190 valence electrons. The third-order valence-corrected chi connectivity index (χ3v) is 5.55. The standard InChI is InChI=1S/C27H32N4O5/c1-5-36-23(32)9-7-15-29-25(33)24(19-8-6-14-28-16-19)31(26(34)22-17-35-18-30-22)21-12-10-20(11-13-21)27(2,3)4/h6,8,10-14,16-18,24H,5,7,9,15H2,1-4H3,(H,29,33). The molecule has 0 saturated heterocycles. The average molecular weight is 493 g/mol. The van der Waals surface area contributed by atoms with Crippen LogP contribution in [0.3, 0.4) is 0 Å². The lowest BCUT2D eigenvalue weighted by Crippen LogP contribution is -2.44. The van der Waals surface area contributed by atoms with Gasteiger partial charge in [0.05, 0.1) is 6.61 Å². The van der Waals surface area contributed by atoms with Crippen molar-refractivity contribution in [3.05, 3.63) is 78.3 Å². The van der Waals surface area contributed by atoms with Crippen molar-refractivity contribution in [2.45, 2.75) is 52.0 Å². The van der Waals surface area contributed by atoms with Crippen molar-refractivity contribution in [2.75, 3.05) is 18.1 Å². The number of amides is 2. The van der Waals surface area contributed by atoms with Crippen LogP contribution >= 0.6 is 0 Å². The minimum absolute atomic E-state index is 0.0684. The summed E-state index contributed by atoms with van der Waals surface area (Å²) in [6.07, 6.45) is 6.15. The topological polar surface area (TPSA) is 115 Å². The van der Waals surface area contributed by atoms with Gasteiger partial charge in [-0.3, -0.25) is 24.3 Å². The summed E-state index contributed by atoms with van der Waals surface area (Å²) in [4.78, 5) is 48.4. The van der Waals surface area contributed by atoms with Gasteiger partial charge in [-0.05, 0) is 42.5 Å². The molecule has 2 heterocycles. The number of esters is 1. The maximum atomic E-state index is 13.6. The minimum atomic E-state index is -1.04. The van der Waals surface area contributed by atoms with E-state index >= 15 is 0 Å². The Labute approximate surface area is 210 Å². The van der Waals surface area contributed by atoms with Crippen molar-refractivity contribution in [1.29, 1.82) is 0 Å². The van der Waals surface area contributed by atoms with Crippen LogP contribution in [0.5, 0.6) is 0 Å². The van der Waals surface area contributed by atoms with Crippen LogP contribution in [0.2, 0.25) is 0 Å². The molecule has 3 aromatic rings. The fraction of sp³-hybridized carbons (Fsp3) is 0.370. The van der Waals surface area contributed by atoms with Crippen molar-refractivity contribution >= 4 is 23.5 Å². The molecule has 2 aromatic heterocycles. The van der Waals surface area contributed by atoms with Crippen LogP contribution in [0, 0.1) is 0 Å². The summed E-state index contributed by atoms with van der Waals surface area (Å²) >= 11 is 0. The van der Waals surface area contributed by atoms with Crippen molar-refractivity contribution in [2.24, 2.45) is 0 Å². The molecule has 1 aromatic carbocycles. The van der Waals surface area contributed by atoms with Crippen LogP contribution < -0.4 is 10.2 Å². The smallest absolute Gasteiger partial charge is 0.305 e. The molecule has 9 heteroatoms. The number of nitrogens with zero attached hydrogens (tertiary/aromatic N) is 3. The number of aromatic nitrogens is 2. The van der Waals surface area contributed by atoms with Gasteiger partial charge in [0.2, 0.25) is 5.91 Å². The van der Waals surface area contributed by atoms with Crippen molar-refractivity contribution in [3.8, 4) is 0 Å². The maximum Gasteiger partial charge on any atom is 0.305 e.